The highest BCUT2D eigenvalue weighted by Crippen LogP contribution is 2.17. The van der Waals surface area contributed by atoms with Crippen molar-refractivity contribution in [3.05, 3.63) is 30.1 Å². The van der Waals surface area contributed by atoms with Crippen LogP contribution in [0.5, 0.6) is 0 Å². The van der Waals surface area contributed by atoms with Gasteiger partial charge in [0.2, 0.25) is 5.91 Å². The number of rotatable bonds is 9. The molecule has 0 atom stereocenters. The average molecular weight is 563 g/mol. The van der Waals surface area contributed by atoms with E-state index in [1.807, 2.05) is 4.90 Å². The predicted molar refractivity (Wildman–Crippen MR) is 142 cm³/mol. The normalized spacial score (nSPS) is 14.7. The van der Waals surface area contributed by atoms with Crippen molar-refractivity contribution in [1.82, 2.24) is 20.4 Å². The van der Waals surface area contributed by atoms with Crippen molar-refractivity contribution in [1.29, 1.82) is 0 Å². The van der Waals surface area contributed by atoms with E-state index >= 15 is 0 Å². The Morgan fingerprint density at radius 1 is 1.03 bits per heavy atom. The number of amides is 1. The Balaban J connectivity index is 0.00000512. The van der Waals surface area contributed by atoms with Gasteiger partial charge in [-0.1, -0.05) is 0 Å². The van der Waals surface area contributed by atoms with E-state index in [4.69, 9.17) is 0 Å². The van der Waals surface area contributed by atoms with E-state index in [1.165, 1.54) is 12.1 Å². The largest absolute Gasteiger partial charge is 0.368 e. The van der Waals surface area contributed by atoms with Crippen LogP contribution in [0, 0.1) is 5.82 Å². The molecular formula is C23H40FIN6O. The molecule has 32 heavy (non-hydrogen) atoms. The molecule has 0 unspecified atom stereocenters. The van der Waals surface area contributed by atoms with Crippen LogP contribution in [0.1, 0.15) is 34.1 Å². The second-order valence-electron chi connectivity index (χ2n) is 8.45. The third kappa shape index (κ3) is 9.09. The molecule has 0 aromatic heterocycles. The minimum Gasteiger partial charge on any atom is -0.368 e. The van der Waals surface area contributed by atoms with Gasteiger partial charge in [0.05, 0.1) is 0 Å². The maximum atomic E-state index is 13.1. The van der Waals surface area contributed by atoms with E-state index in [-0.39, 0.29) is 35.7 Å². The van der Waals surface area contributed by atoms with Crippen LogP contribution < -0.4 is 15.5 Å². The van der Waals surface area contributed by atoms with Gasteiger partial charge in [-0.15, -0.1) is 24.0 Å². The highest BCUT2D eigenvalue weighted by molar-refractivity contribution is 14.0. The first-order valence-corrected chi connectivity index (χ1v) is 11.3. The van der Waals surface area contributed by atoms with Crippen molar-refractivity contribution in [2.24, 2.45) is 4.99 Å². The fourth-order valence-corrected chi connectivity index (χ4v) is 3.95. The smallest absolute Gasteiger partial charge is 0.224 e. The molecule has 1 fully saturated rings. The Labute approximate surface area is 209 Å². The molecule has 9 heteroatoms. The van der Waals surface area contributed by atoms with Crippen LogP contribution in [0.3, 0.4) is 0 Å². The number of anilines is 1. The summed E-state index contributed by atoms with van der Waals surface area (Å²) in [5, 5.41) is 6.57. The van der Waals surface area contributed by atoms with E-state index in [9.17, 15) is 9.18 Å². The Morgan fingerprint density at radius 2 is 1.59 bits per heavy atom. The van der Waals surface area contributed by atoms with Crippen LogP contribution in [-0.2, 0) is 4.79 Å². The van der Waals surface area contributed by atoms with Gasteiger partial charge >= 0.3 is 0 Å². The molecule has 0 saturated carbocycles. The number of benzene rings is 1. The second kappa shape index (κ2) is 14.5. The van der Waals surface area contributed by atoms with Gasteiger partial charge in [-0.3, -0.25) is 14.7 Å². The van der Waals surface area contributed by atoms with Crippen molar-refractivity contribution >= 4 is 41.5 Å². The molecule has 1 aromatic rings. The minimum absolute atomic E-state index is 0. The first-order valence-electron chi connectivity index (χ1n) is 11.3. The van der Waals surface area contributed by atoms with E-state index in [1.54, 1.807) is 19.2 Å². The highest BCUT2D eigenvalue weighted by atomic mass is 127. The lowest BCUT2D eigenvalue weighted by Crippen LogP contribution is -2.49. The zero-order valence-electron chi connectivity index (χ0n) is 20.1. The van der Waals surface area contributed by atoms with Crippen molar-refractivity contribution < 1.29 is 9.18 Å². The molecule has 0 radical (unpaired) electrons. The lowest BCUT2D eigenvalue weighted by atomic mass is 10.2. The summed E-state index contributed by atoms with van der Waals surface area (Å²) < 4.78 is 13.1. The molecule has 1 heterocycles. The molecule has 1 aliphatic heterocycles. The van der Waals surface area contributed by atoms with Crippen molar-refractivity contribution in [3.8, 4) is 0 Å². The number of hydrogen-bond acceptors (Lipinski definition) is 4. The number of guanidine groups is 1. The summed E-state index contributed by atoms with van der Waals surface area (Å²) in [6.45, 7) is 14.0. The van der Waals surface area contributed by atoms with Gasteiger partial charge in [-0.05, 0) is 52.0 Å². The van der Waals surface area contributed by atoms with E-state index in [0.717, 1.165) is 37.8 Å². The molecule has 2 N–H and O–H groups in total. The molecule has 1 aromatic carbocycles. The fraction of sp³-hybridized carbons (Fsp3) is 0.652. The van der Waals surface area contributed by atoms with Crippen LogP contribution in [0.2, 0.25) is 0 Å². The van der Waals surface area contributed by atoms with Gasteiger partial charge in [0.1, 0.15) is 5.82 Å². The van der Waals surface area contributed by atoms with Gasteiger partial charge in [-0.2, -0.15) is 0 Å². The third-order valence-electron chi connectivity index (χ3n) is 5.67. The molecule has 0 spiro atoms. The Kier molecular flexibility index (Phi) is 12.9. The van der Waals surface area contributed by atoms with Gasteiger partial charge in [0.15, 0.2) is 5.96 Å². The number of nitrogens with zero attached hydrogens (tertiary/aromatic N) is 4. The maximum absolute atomic E-state index is 13.1. The Morgan fingerprint density at radius 3 is 2.12 bits per heavy atom. The number of piperazine rings is 1. The summed E-state index contributed by atoms with van der Waals surface area (Å²) in [6.07, 6.45) is 0.432. The van der Waals surface area contributed by atoms with Gasteiger partial charge in [-0.25, -0.2) is 4.39 Å². The van der Waals surface area contributed by atoms with Crippen LogP contribution in [-0.4, -0.2) is 86.6 Å². The molecule has 0 aliphatic carbocycles. The standard InChI is InChI=1S/C23H39FN6O.HI/c1-18(2)30(19(3)4)13-12-27-23(25-5)26-11-10-22(31)29-16-14-28(15-17-29)21-8-6-20(24)7-9-21;/h6-9,18-19H,10-17H2,1-5H3,(H2,25,26,27);1H. The van der Waals surface area contributed by atoms with Gasteiger partial charge in [0, 0.05) is 77.1 Å². The summed E-state index contributed by atoms with van der Waals surface area (Å²) in [5.74, 6) is 0.639. The number of halogens is 2. The molecule has 7 nitrogen and oxygen atoms in total. The molecule has 1 amide bonds. The number of hydrogen-bond donors (Lipinski definition) is 2. The van der Waals surface area contributed by atoms with Gasteiger partial charge in [0.25, 0.3) is 0 Å². The van der Waals surface area contributed by atoms with E-state index in [2.05, 4.69) is 53.1 Å². The Bertz CT molecular complexity index is 697. The quantitative estimate of drug-likeness (QED) is 0.276. The molecule has 1 saturated heterocycles. The van der Waals surface area contributed by atoms with Gasteiger partial charge < -0.3 is 20.4 Å². The number of aliphatic imine (C=N–C) groups is 1. The first-order chi connectivity index (χ1) is 14.8. The number of nitrogens with one attached hydrogen (secondary N) is 2. The fourth-order valence-electron chi connectivity index (χ4n) is 3.95. The van der Waals surface area contributed by atoms with Crippen LogP contribution in [0.4, 0.5) is 10.1 Å². The van der Waals surface area contributed by atoms with Crippen molar-refractivity contribution in [2.45, 2.75) is 46.2 Å². The molecule has 182 valence electrons. The number of carbonyl (C=O) groups excluding carboxylic acids is 1. The van der Waals surface area contributed by atoms with E-state index < -0.39 is 0 Å². The summed E-state index contributed by atoms with van der Waals surface area (Å²) >= 11 is 0. The molecule has 1 aliphatic rings. The molecule has 0 bridgehead atoms. The maximum Gasteiger partial charge on any atom is 0.224 e. The summed E-state index contributed by atoms with van der Waals surface area (Å²) in [4.78, 5) is 23.3. The van der Waals surface area contributed by atoms with Crippen molar-refractivity contribution in [3.63, 3.8) is 0 Å². The topological polar surface area (TPSA) is 63.2 Å². The van der Waals surface area contributed by atoms with Crippen LogP contribution >= 0.6 is 24.0 Å². The monoisotopic (exact) mass is 562 g/mol. The summed E-state index contributed by atoms with van der Waals surface area (Å²) in [7, 11) is 1.74. The zero-order valence-corrected chi connectivity index (χ0v) is 22.4. The second-order valence-corrected chi connectivity index (χ2v) is 8.45. The molecular weight excluding hydrogens is 522 g/mol. The summed E-state index contributed by atoms with van der Waals surface area (Å²) in [5.41, 5.74) is 0.999. The minimum atomic E-state index is -0.230. The lowest BCUT2D eigenvalue weighted by molar-refractivity contribution is -0.131. The first kappa shape index (κ1) is 28.4. The SMILES string of the molecule is CN=C(NCCC(=O)N1CCN(c2ccc(F)cc2)CC1)NCCN(C(C)C)C(C)C.I. The lowest BCUT2D eigenvalue weighted by Gasteiger charge is -2.36. The van der Waals surface area contributed by atoms with Crippen LogP contribution in [0.25, 0.3) is 0 Å². The molecule has 2 rings (SSSR count). The van der Waals surface area contributed by atoms with Crippen molar-refractivity contribution in [2.75, 3.05) is 57.8 Å². The third-order valence-corrected chi connectivity index (χ3v) is 5.67. The van der Waals surface area contributed by atoms with Crippen LogP contribution in [0.15, 0.2) is 29.3 Å². The summed E-state index contributed by atoms with van der Waals surface area (Å²) in [6, 6.07) is 7.52. The van der Waals surface area contributed by atoms with E-state index in [0.29, 0.717) is 38.1 Å². The Hall–Kier alpha value is -1.62. The highest BCUT2D eigenvalue weighted by Gasteiger charge is 2.21. The predicted octanol–water partition coefficient (Wildman–Crippen LogP) is 2.77. The number of carbonyl (C=O) groups is 1. The average Bonchev–Trinajstić information content (AvgIpc) is 2.75. The zero-order chi connectivity index (χ0) is 22.8.